The Morgan fingerprint density at radius 2 is 1.93 bits per heavy atom. The normalized spacial score (nSPS) is 14.6. The minimum Gasteiger partial charge on any atom is -0.368 e. The summed E-state index contributed by atoms with van der Waals surface area (Å²) in [6.45, 7) is 3.08. The maximum atomic E-state index is 12.1. The Kier molecular flexibility index (Phi) is 5.84. The molecule has 0 aliphatic carbocycles. The second kappa shape index (κ2) is 8.30. The number of nitriles is 2. The number of rotatable bonds is 6. The van der Waals surface area contributed by atoms with Crippen LogP contribution in [0, 0.1) is 22.7 Å². The van der Waals surface area contributed by atoms with Crippen molar-refractivity contribution in [2.75, 3.05) is 18.0 Å². The highest BCUT2D eigenvalue weighted by Gasteiger charge is 2.31. The van der Waals surface area contributed by atoms with E-state index in [-0.39, 0.29) is 6.04 Å². The molecule has 2 aromatic rings. The van der Waals surface area contributed by atoms with Crippen molar-refractivity contribution in [1.29, 1.82) is 10.5 Å². The predicted octanol–water partition coefficient (Wildman–Crippen LogP) is 1.85. The maximum absolute atomic E-state index is 12.1. The van der Waals surface area contributed by atoms with Gasteiger partial charge in [-0.1, -0.05) is 49.0 Å². The molecule has 1 unspecified atom stereocenters. The topological polar surface area (TPSA) is 133 Å². The number of pyridine rings is 1. The van der Waals surface area contributed by atoms with Gasteiger partial charge in [0, 0.05) is 19.1 Å². The van der Waals surface area contributed by atoms with Gasteiger partial charge in [-0.05, 0) is 17.5 Å². The Labute approximate surface area is 167 Å². The number of aromatic nitrogens is 1. The zero-order valence-electron chi connectivity index (χ0n) is 15.4. The van der Waals surface area contributed by atoms with Gasteiger partial charge < -0.3 is 16.4 Å². The SMILES string of the molecule is CCc1c(C#N)c(SC(C(N)=O)c2ccccc2)nc(N2CC(N)C2)c1C#N. The number of benzene rings is 1. The molecule has 0 spiro atoms. The summed E-state index contributed by atoms with van der Waals surface area (Å²) in [4.78, 5) is 18.7. The first-order valence-corrected chi connectivity index (χ1v) is 9.76. The first-order chi connectivity index (χ1) is 13.5. The van der Waals surface area contributed by atoms with Gasteiger partial charge in [0.25, 0.3) is 0 Å². The van der Waals surface area contributed by atoms with Crippen LogP contribution < -0.4 is 16.4 Å². The average Bonchev–Trinajstić information content (AvgIpc) is 2.68. The molecule has 1 aromatic carbocycles. The molecular formula is C20H20N6OS. The number of primary amides is 1. The Hall–Kier alpha value is -3.07. The highest BCUT2D eigenvalue weighted by atomic mass is 32.2. The van der Waals surface area contributed by atoms with Crippen LogP contribution >= 0.6 is 11.8 Å². The number of carbonyl (C=O) groups is 1. The first kappa shape index (κ1) is 19.7. The lowest BCUT2D eigenvalue weighted by molar-refractivity contribution is -0.117. The highest BCUT2D eigenvalue weighted by Crippen LogP contribution is 2.40. The van der Waals surface area contributed by atoms with Crippen LogP contribution in [-0.4, -0.2) is 30.0 Å². The van der Waals surface area contributed by atoms with Gasteiger partial charge in [-0.15, -0.1) is 0 Å². The van der Waals surface area contributed by atoms with Crippen molar-refractivity contribution >= 4 is 23.5 Å². The Morgan fingerprint density at radius 3 is 2.43 bits per heavy atom. The second-order valence-corrected chi connectivity index (χ2v) is 7.62. The monoisotopic (exact) mass is 392 g/mol. The summed E-state index contributed by atoms with van der Waals surface area (Å²) in [5.41, 5.74) is 13.6. The van der Waals surface area contributed by atoms with E-state index in [0.717, 1.165) is 17.3 Å². The van der Waals surface area contributed by atoms with Crippen LogP contribution in [0.25, 0.3) is 0 Å². The molecule has 1 aromatic heterocycles. The first-order valence-electron chi connectivity index (χ1n) is 8.88. The van der Waals surface area contributed by atoms with Gasteiger partial charge in [0.05, 0.1) is 11.1 Å². The van der Waals surface area contributed by atoms with Gasteiger partial charge in [-0.2, -0.15) is 10.5 Å². The highest BCUT2D eigenvalue weighted by molar-refractivity contribution is 8.00. The summed E-state index contributed by atoms with van der Waals surface area (Å²) in [5, 5.41) is 19.2. The lowest BCUT2D eigenvalue weighted by Crippen LogP contribution is -2.56. The van der Waals surface area contributed by atoms with Crippen LogP contribution in [0.15, 0.2) is 35.4 Å². The quantitative estimate of drug-likeness (QED) is 0.717. The molecule has 7 nitrogen and oxygen atoms in total. The van der Waals surface area contributed by atoms with E-state index < -0.39 is 11.2 Å². The van der Waals surface area contributed by atoms with E-state index in [1.54, 1.807) is 0 Å². The fraction of sp³-hybridized carbons (Fsp3) is 0.300. The maximum Gasteiger partial charge on any atom is 0.235 e. The second-order valence-electron chi connectivity index (χ2n) is 6.52. The van der Waals surface area contributed by atoms with Gasteiger partial charge in [-0.3, -0.25) is 4.79 Å². The smallest absolute Gasteiger partial charge is 0.235 e. The number of carbonyl (C=O) groups excluding carboxylic acids is 1. The lowest BCUT2D eigenvalue weighted by Gasteiger charge is -2.38. The third-order valence-electron chi connectivity index (χ3n) is 4.63. The molecule has 0 radical (unpaired) electrons. The van der Waals surface area contributed by atoms with Crippen molar-refractivity contribution in [3.05, 3.63) is 52.6 Å². The number of hydrogen-bond acceptors (Lipinski definition) is 7. The molecular weight excluding hydrogens is 372 g/mol. The molecule has 28 heavy (non-hydrogen) atoms. The summed E-state index contributed by atoms with van der Waals surface area (Å²) in [6.07, 6.45) is 0.501. The van der Waals surface area contributed by atoms with Gasteiger partial charge >= 0.3 is 0 Å². The molecule has 1 atom stereocenters. The molecule has 0 bridgehead atoms. The van der Waals surface area contributed by atoms with E-state index in [4.69, 9.17) is 11.5 Å². The molecule has 2 heterocycles. The van der Waals surface area contributed by atoms with Crippen LogP contribution in [0.3, 0.4) is 0 Å². The fourth-order valence-corrected chi connectivity index (χ4v) is 4.27. The average molecular weight is 392 g/mol. The third kappa shape index (κ3) is 3.65. The summed E-state index contributed by atoms with van der Waals surface area (Å²) >= 11 is 1.14. The zero-order valence-corrected chi connectivity index (χ0v) is 16.2. The van der Waals surface area contributed by atoms with Crippen molar-refractivity contribution in [2.45, 2.75) is 29.7 Å². The number of amides is 1. The number of nitrogens with zero attached hydrogens (tertiary/aromatic N) is 4. The fourth-order valence-electron chi connectivity index (χ4n) is 3.21. The van der Waals surface area contributed by atoms with Crippen LogP contribution in [0.1, 0.15) is 34.4 Å². The van der Waals surface area contributed by atoms with Crippen molar-refractivity contribution in [2.24, 2.45) is 11.5 Å². The van der Waals surface area contributed by atoms with Gasteiger partial charge in [-0.25, -0.2) is 4.98 Å². The lowest BCUT2D eigenvalue weighted by atomic mass is 10.00. The molecule has 8 heteroatoms. The van der Waals surface area contributed by atoms with Crippen molar-refractivity contribution in [1.82, 2.24) is 4.98 Å². The molecule has 1 amide bonds. The summed E-state index contributed by atoms with van der Waals surface area (Å²) in [6, 6.07) is 13.5. The van der Waals surface area contributed by atoms with Crippen molar-refractivity contribution in [3.63, 3.8) is 0 Å². The summed E-state index contributed by atoms with van der Waals surface area (Å²) in [5.74, 6) is -0.00403. The van der Waals surface area contributed by atoms with E-state index in [1.807, 2.05) is 42.2 Å². The van der Waals surface area contributed by atoms with E-state index >= 15 is 0 Å². The molecule has 142 valence electrons. The molecule has 1 aliphatic heterocycles. The molecule has 1 aliphatic rings. The zero-order chi connectivity index (χ0) is 20.3. The van der Waals surface area contributed by atoms with Gasteiger partial charge in [0.15, 0.2) is 0 Å². The number of anilines is 1. The number of hydrogen-bond donors (Lipinski definition) is 2. The molecule has 0 saturated carbocycles. The molecule has 1 saturated heterocycles. The predicted molar refractivity (Wildman–Crippen MR) is 107 cm³/mol. The van der Waals surface area contributed by atoms with E-state index in [9.17, 15) is 15.3 Å². The van der Waals surface area contributed by atoms with Crippen LogP contribution in [0.4, 0.5) is 5.82 Å². The van der Waals surface area contributed by atoms with E-state index in [0.29, 0.717) is 47.0 Å². The van der Waals surface area contributed by atoms with E-state index in [1.165, 1.54) is 0 Å². The molecule has 4 N–H and O–H groups in total. The van der Waals surface area contributed by atoms with Gasteiger partial charge in [0.1, 0.15) is 28.2 Å². The number of thioether (sulfide) groups is 1. The Morgan fingerprint density at radius 1 is 1.29 bits per heavy atom. The largest absolute Gasteiger partial charge is 0.368 e. The molecule has 3 rings (SSSR count). The van der Waals surface area contributed by atoms with Crippen LogP contribution in [-0.2, 0) is 11.2 Å². The summed E-state index contributed by atoms with van der Waals surface area (Å²) < 4.78 is 0. The van der Waals surface area contributed by atoms with Crippen molar-refractivity contribution in [3.8, 4) is 12.1 Å². The third-order valence-corrected chi connectivity index (χ3v) is 5.88. The standard InChI is InChI=1S/C20H20N6OS/c1-2-14-15(8-21)19(26-10-13(23)11-26)25-20(16(14)9-22)28-17(18(24)27)12-6-4-3-5-7-12/h3-7,13,17H,2,10-11,23H2,1H3,(H2,24,27). The van der Waals surface area contributed by atoms with Crippen molar-refractivity contribution < 1.29 is 4.79 Å². The van der Waals surface area contributed by atoms with Crippen LogP contribution in [0.2, 0.25) is 0 Å². The van der Waals surface area contributed by atoms with Crippen LogP contribution in [0.5, 0.6) is 0 Å². The Balaban J connectivity index is 2.11. The summed E-state index contributed by atoms with van der Waals surface area (Å²) in [7, 11) is 0. The Bertz CT molecular complexity index is 973. The molecule has 1 fully saturated rings. The number of nitrogens with two attached hydrogens (primary N) is 2. The van der Waals surface area contributed by atoms with Gasteiger partial charge in [0.2, 0.25) is 5.91 Å². The minimum atomic E-state index is -0.690. The van der Waals surface area contributed by atoms with E-state index in [2.05, 4.69) is 17.1 Å². The minimum absolute atomic E-state index is 0.0350.